The zero-order chi connectivity index (χ0) is 18.9. The molecule has 0 saturated carbocycles. The van der Waals surface area contributed by atoms with Crippen LogP contribution >= 0.6 is 11.6 Å². The van der Waals surface area contributed by atoms with E-state index in [1.165, 1.54) is 50.0 Å². The van der Waals surface area contributed by atoms with Crippen LogP contribution in [-0.4, -0.2) is 61.4 Å². The molecule has 2 heterocycles. The molecule has 0 unspecified atom stereocenters. The summed E-state index contributed by atoms with van der Waals surface area (Å²) in [6.45, 7) is 0.683. The number of hydrogen-bond donors (Lipinski definition) is 0. The summed E-state index contributed by atoms with van der Waals surface area (Å²) in [5.74, 6) is 0. The van der Waals surface area contributed by atoms with Gasteiger partial charge in [0.05, 0.1) is 11.1 Å². The second-order valence-corrected chi connectivity index (χ2v) is 10.3. The quantitative estimate of drug-likeness (QED) is 0.742. The first kappa shape index (κ1) is 19.3. The van der Waals surface area contributed by atoms with Crippen molar-refractivity contribution in [1.29, 1.82) is 0 Å². The summed E-state index contributed by atoms with van der Waals surface area (Å²) in [5, 5.41) is 4.35. The predicted molar refractivity (Wildman–Crippen MR) is 96.8 cm³/mol. The van der Waals surface area contributed by atoms with Crippen molar-refractivity contribution >= 4 is 31.6 Å². The molecule has 1 aromatic carbocycles. The fraction of sp³-hybridized carbons (Fsp3) is 0.400. The highest BCUT2D eigenvalue weighted by Crippen LogP contribution is 2.22. The maximum Gasteiger partial charge on any atom is 0.246 e. The lowest BCUT2D eigenvalue weighted by atomic mass is 10.4. The highest BCUT2D eigenvalue weighted by Gasteiger charge is 2.32. The Morgan fingerprint density at radius 1 is 0.885 bits per heavy atom. The van der Waals surface area contributed by atoms with Crippen LogP contribution in [0.3, 0.4) is 0 Å². The van der Waals surface area contributed by atoms with E-state index in [9.17, 15) is 16.8 Å². The van der Waals surface area contributed by atoms with Gasteiger partial charge in [0.25, 0.3) is 0 Å². The second-order valence-electron chi connectivity index (χ2n) is 5.97. The standard InChI is InChI=1S/C15H19ClN4O4S2/c1-18-12-15(11-17-18)26(23,24)20-8-2-7-19(9-10-20)25(21,22)14-5-3-13(16)4-6-14/h3-6,11-12H,2,7-10H2,1H3. The van der Waals surface area contributed by atoms with Gasteiger partial charge >= 0.3 is 0 Å². The predicted octanol–water partition coefficient (Wildman–Crippen LogP) is 1.16. The van der Waals surface area contributed by atoms with Crippen molar-refractivity contribution in [3.63, 3.8) is 0 Å². The number of rotatable bonds is 4. The highest BCUT2D eigenvalue weighted by molar-refractivity contribution is 7.89. The molecule has 8 nitrogen and oxygen atoms in total. The van der Waals surface area contributed by atoms with Crippen molar-refractivity contribution in [2.75, 3.05) is 26.2 Å². The summed E-state index contributed by atoms with van der Waals surface area (Å²) in [6, 6.07) is 5.94. The van der Waals surface area contributed by atoms with Crippen LogP contribution in [0.25, 0.3) is 0 Å². The van der Waals surface area contributed by atoms with Gasteiger partial charge < -0.3 is 0 Å². The van der Waals surface area contributed by atoms with Crippen LogP contribution in [0.15, 0.2) is 46.5 Å². The van der Waals surface area contributed by atoms with E-state index in [2.05, 4.69) is 5.10 Å². The molecule has 0 bridgehead atoms. The van der Waals surface area contributed by atoms with Crippen LogP contribution < -0.4 is 0 Å². The van der Waals surface area contributed by atoms with Crippen LogP contribution in [0.5, 0.6) is 0 Å². The Kier molecular flexibility index (Phi) is 5.40. The van der Waals surface area contributed by atoms with Gasteiger partial charge in [0.2, 0.25) is 20.0 Å². The van der Waals surface area contributed by atoms with Gasteiger partial charge in [-0.2, -0.15) is 13.7 Å². The number of aryl methyl sites for hydroxylation is 1. The molecule has 1 saturated heterocycles. The minimum atomic E-state index is -3.69. The lowest BCUT2D eigenvalue weighted by Crippen LogP contribution is -2.37. The van der Waals surface area contributed by atoms with Crippen molar-refractivity contribution in [2.24, 2.45) is 7.05 Å². The highest BCUT2D eigenvalue weighted by atomic mass is 35.5. The first-order valence-electron chi connectivity index (χ1n) is 7.96. The third-order valence-electron chi connectivity index (χ3n) is 4.18. The summed E-state index contributed by atoms with van der Waals surface area (Å²) in [6.07, 6.45) is 3.14. The van der Waals surface area contributed by atoms with E-state index in [1.807, 2.05) is 0 Å². The molecule has 1 aliphatic rings. The molecule has 1 fully saturated rings. The SMILES string of the molecule is Cn1cc(S(=O)(=O)N2CCCN(S(=O)(=O)c3ccc(Cl)cc3)CC2)cn1. The molecule has 3 rings (SSSR count). The van der Waals surface area contributed by atoms with E-state index in [1.54, 1.807) is 7.05 Å². The summed E-state index contributed by atoms with van der Waals surface area (Å²) < 4.78 is 55.0. The van der Waals surface area contributed by atoms with E-state index in [-0.39, 0.29) is 36.0 Å². The number of halogens is 1. The van der Waals surface area contributed by atoms with Gasteiger partial charge in [-0.15, -0.1) is 0 Å². The Labute approximate surface area is 158 Å². The molecular weight excluding hydrogens is 400 g/mol. The van der Waals surface area contributed by atoms with Gasteiger partial charge in [0.15, 0.2) is 0 Å². The van der Waals surface area contributed by atoms with Gasteiger partial charge in [-0.1, -0.05) is 11.6 Å². The molecule has 142 valence electrons. The molecule has 1 aliphatic heterocycles. The van der Waals surface area contributed by atoms with Crippen LogP contribution in [-0.2, 0) is 27.1 Å². The van der Waals surface area contributed by atoms with Crippen molar-refractivity contribution in [3.8, 4) is 0 Å². The molecule has 1 aromatic heterocycles. The van der Waals surface area contributed by atoms with Gasteiger partial charge in [-0.25, -0.2) is 16.8 Å². The first-order valence-corrected chi connectivity index (χ1v) is 11.2. The monoisotopic (exact) mass is 418 g/mol. The van der Waals surface area contributed by atoms with Crippen molar-refractivity contribution in [3.05, 3.63) is 41.7 Å². The number of sulfonamides is 2. The Morgan fingerprint density at radius 2 is 1.42 bits per heavy atom. The molecule has 0 atom stereocenters. The Hall–Kier alpha value is -1.46. The number of nitrogens with zero attached hydrogens (tertiary/aromatic N) is 4. The van der Waals surface area contributed by atoms with Crippen molar-refractivity contribution in [2.45, 2.75) is 16.2 Å². The normalized spacial score (nSPS) is 17.9. The minimum absolute atomic E-state index is 0.0873. The average Bonchev–Trinajstić information content (AvgIpc) is 2.88. The summed E-state index contributed by atoms with van der Waals surface area (Å²) >= 11 is 5.81. The van der Waals surface area contributed by atoms with Crippen LogP contribution in [0.2, 0.25) is 5.02 Å². The van der Waals surface area contributed by atoms with Crippen molar-refractivity contribution in [1.82, 2.24) is 18.4 Å². The molecular formula is C15H19ClN4O4S2. The average molecular weight is 419 g/mol. The molecule has 0 aliphatic carbocycles. The number of hydrogen-bond acceptors (Lipinski definition) is 5. The maximum atomic E-state index is 12.8. The lowest BCUT2D eigenvalue weighted by Gasteiger charge is -2.21. The third kappa shape index (κ3) is 3.79. The smallest absolute Gasteiger partial charge is 0.246 e. The Morgan fingerprint density at radius 3 is 1.92 bits per heavy atom. The molecule has 0 spiro atoms. The largest absolute Gasteiger partial charge is 0.274 e. The van der Waals surface area contributed by atoms with E-state index < -0.39 is 20.0 Å². The van der Waals surface area contributed by atoms with Crippen LogP contribution in [0, 0.1) is 0 Å². The van der Waals surface area contributed by atoms with Gasteiger partial charge in [0.1, 0.15) is 4.90 Å². The minimum Gasteiger partial charge on any atom is -0.274 e. The Bertz CT molecular complexity index is 987. The Balaban J connectivity index is 1.79. The van der Waals surface area contributed by atoms with E-state index in [0.717, 1.165) is 0 Å². The lowest BCUT2D eigenvalue weighted by molar-refractivity contribution is 0.404. The zero-order valence-electron chi connectivity index (χ0n) is 14.1. The van der Waals surface area contributed by atoms with E-state index in [0.29, 0.717) is 11.4 Å². The van der Waals surface area contributed by atoms with Crippen molar-refractivity contribution < 1.29 is 16.8 Å². The molecule has 2 aromatic rings. The van der Waals surface area contributed by atoms with E-state index >= 15 is 0 Å². The molecule has 0 N–H and O–H groups in total. The maximum absolute atomic E-state index is 12.8. The molecule has 26 heavy (non-hydrogen) atoms. The van der Waals surface area contributed by atoms with Gasteiger partial charge in [-0.3, -0.25) is 4.68 Å². The number of aromatic nitrogens is 2. The fourth-order valence-corrected chi connectivity index (χ4v) is 5.84. The zero-order valence-corrected chi connectivity index (χ0v) is 16.5. The molecule has 0 amide bonds. The summed E-state index contributed by atoms with van der Waals surface area (Å²) in [7, 11) is -5.75. The van der Waals surface area contributed by atoms with Gasteiger partial charge in [-0.05, 0) is 30.7 Å². The number of benzene rings is 1. The molecule has 11 heteroatoms. The van der Waals surface area contributed by atoms with Gasteiger partial charge in [0, 0.05) is 44.4 Å². The fourth-order valence-electron chi connectivity index (χ4n) is 2.79. The second kappa shape index (κ2) is 7.28. The third-order valence-corrected chi connectivity index (χ3v) is 8.20. The van der Waals surface area contributed by atoms with E-state index in [4.69, 9.17) is 11.6 Å². The van der Waals surface area contributed by atoms with Crippen LogP contribution in [0.1, 0.15) is 6.42 Å². The molecule has 0 radical (unpaired) electrons. The topological polar surface area (TPSA) is 92.6 Å². The summed E-state index contributed by atoms with van der Waals surface area (Å²) in [4.78, 5) is 0.250. The van der Waals surface area contributed by atoms with Crippen LogP contribution in [0.4, 0.5) is 0 Å². The first-order chi connectivity index (χ1) is 12.2. The summed E-state index contributed by atoms with van der Waals surface area (Å²) in [5.41, 5.74) is 0.